The number of methoxy groups -OCH3 is 1. The molecule has 100 valence electrons. The lowest BCUT2D eigenvalue weighted by molar-refractivity contribution is 0.413. The van der Waals surface area contributed by atoms with Crippen LogP contribution in [0.25, 0.3) is 0 Å². The molecule has 0 saturated carbocycles. The van der Waals surface area contributed by atoms with Crippen LogP contribution in [0.15, 0.2) is 48.5 Å². The van der Waals surface area contributed by atoms with Gasteiger partial charge in [-0.2, -0.15) is 0 Å². The van der Waals surface area contributed by atoms with Gasteiger partial charge in [-0.25, -0.2) is 0 Å². The molecule has 2 nitrogen and oxygen atoms in total. The van der Waals surface area contributed by atoms with Crippen LogP contribution in [-0.2, 0) is 0 Å². The summed E-state index contributed by atoms with van der Waals surface area (Å²) in [4.78, 5) is 0. The molecule has 0 fully saturated rings. The van der Waals surface area contributed by atoms with Crippen LogP contribution in [0.1, 0.15) is 30.0 Å². The van der Waals surface area contributed by atoms with Crippen molar-refractivity contribution in [3.8, 4) is 5.75 Å². The molecule has 0 aliphatic carbocycles. The lowest BCUT2D eigenvalue weighted by atomic mass is 9.89. The second-order valence-corrected chi connectivity index (χ2v) is 5.03. The molecular formula is C16H18ClNO. The van der Waals surface area contributed by atoms with Crippen LogP contribution in [0.4, 0.5) is 0 Å². The highest BCUT2D eigenvalue weighted by Crippen LogP contribution is 2.33. The first-order chi connectivity index (χ1) is 9.13. The first-order valence-corrected chi connectivity index (χ1v) is 6.65. The number of ether oxygens (including phenoxy) is 1. The van der Waals surface area contributed by atoms with Gasteiger partial charge in [-0.1, -0.05) is 54.9 Å². The maximum Gasteiger partial charge on any atom is 0.137 e. The van der Waals surface area contributed by atoms with Crippen molar-refractivity contribution >= 4 is 11.6 Å². The highest BCUT2D eigenvalue weighted by molar-refractivity contribution is 6.32. The van der Waals surface area contributed by atoms with Crippen molar-refractivity contribution in [1.29, 1.82) is 0 Å². The summed E-state index contributed by atoms with van der Waals surface area (Å²) in [6.07, 6.45) is 0. The zero-order chi connectivity index (χ0) is 13.8. The van der Waals surface area contributed by atoms with Crippen molar-refractivity contribution in [2.45, 2.75) is 18.9 Å². The van der Waals surface area contributed by atoms with Crippen LogP contribution in [-0.4, -0.2) is 7.11 Å². The van der Waals surface area contributed by atoms with Crippen molar-refractivity contribution in [2.24, 2.45) is 5.73 Å². The van der Waals surface area contributed by atoms with E-state index in [0.717, 1.165) is 5.56 Å². The molecule has 2 unspecified atom stereocenters. The third kappa shape index (κ3) is 3.09. The predicted molar refractivity (Wildman–Crippen MR) is 79.8 cm³/mol. The van der Waals surface area contributed by atoms with Crippen LogP contribution < -0.4 is 10.5 Å². The average molecular weight is 276 g/mol. The molecule has 2 atom stereocenters. The Morgan fingerprint density at radius 1 is 1.05 bits per heavy atom. The minimum atomic E-state index is -0.0893. The number of halogens is 1. The van der Waals surface area contributed by atoms with Crippen LogP contribution in [0.2, 0.25) is 5.02 Å². The average Bonchev–Trinajstić information content (AvgIpc) is 2.47. The molecule has 0 aromatic heterocycles. The largest absolute Gasteiger partial charge is 0.495 e. The van der Waals surface area contributed by atoms with Gasteiger partial charge >= 0.3 is 0 Å². The van der Waals surface area contributed by atoms with Crippen molar-refractivity contribution in [1.82, 2.24) is 0 Å². The molecule has 2 aromatic carbocycles. The Hall–Kier alpha value is -1.51. The van der Waals surface area contributed by atoms with Crippen molar-refractivity contribution in [3.05, 3.63) is 64.7 Å². The van der Waals surface area contributed by atoms with E-state index in [-0.39, 0.29) is 12.0 Å². The molecule has 2 rings (SSSR count). The Kier molecular flexibility index (Phi) is 4.46. The van der Waals surface area contributed by atoms with Gasteiger partial charge in [0, 0.05) is 12.0 Å². The Labute approximate surface area is 119 Å². The van der Waals surface area contributed by atoms with E-state index in [1.165, 1.54) is 5.56 Å². The lowest BCUT2D eigenvalue weighted by Gasteiger charge is -2.21. The molecule has 0 spiro atoms. The lowest BCUT2D eigenvalue weighted by Crippen LogP contribution is -2.17. The van der Waals surface area contributed by atoms with E-state index in [1.54, 1.807) is 7.11 Å². The van der Waals surface area contributed by atoms with E-state index in [2.05, 4.69) is 19.1 Å². The maximum absolute atomic E-state index is 6.35. The highest BCUT2D eigenvalue weighted by Gasteiger charge is 2.17. The molecule has 0 heterocycles. The van der Waals surface area contributed by atoms with Crippen molar-refractivity contribution in [3.63, 3.8) is 0 Å². The third-order valence-corrected chi connectivity index (χ3v) is 3.74. The summed E-state index contributed by atoms with van der Waals surface area (Å²) in [6, 6.07) is 15.9. The zero-order valence-corrected chi connectivity index (χ0v) is 11.9. The SMILES string of the molecule is COc1cc(C(N)C(C)c2ccccc2)ccc1Cl. The molecule has 19 heavy (non-hydrogen) atoms. The summed E-state index contributed by atoms with van der Waals surface area (Å²) in [5.74, 6) is 0.891. The van der Waals surface area contributed by atoms with E-state index < -0.39 is 0 Å². The van der Waals surface area contributed by atoms with Gasteiger partial charge in [0.05, 0.1) is 12.1 Å². The Morgan fingerprint density at radius 2 is 1.74 bits per heavy atom. The number of nitrogens with two attached hydrogens (primary N) is 1. The van der Waals surface area contributed by atoms with Gasteiger partial charge < -0.3 is 10.5 Å². The molecular weight excluding hydrogens is 258 g/mol. The minimum absolute atomic E-state index is 0.0893. The van der Waals surface area contributed by atoms with Crippen molar-refractivity contribution < 1.29 is 4.74 Å². The summed E-state index contributed by atoms with van der Waals surface area (Å²) >= 11 is 6.03. The van der Waals surface area contributed by atoms with Crippen LogP contribution >= 0.6 is 11.6 Å². The summed E-state index contributed by atoms with van der Waals surface area (Å²) in [5.41, 5.74) is 8.60. The van der Waals surface area contributed by atoms with Crippen LogP contribution in [0.5, 0.6) is 5.75 Å². The first kappa shape index (κ1) is 13.9. The van der Waals surface area contributed by atoms with Crippen molar-refractivity contribution in [2.75, 3.05) is 7.11 Å². The van der Waals surface area contributed by atoms with Gasteiger partial charge in [0.1, 0.15) is 5.75 Å². The van der Waals surface area contributed by atoms with Crippen LogP contribution in [0, 0.1) is 0 Å². The van der Waals surface area contributed by atoms with E-state index in [4.69, 9.17) is 22.1 Å². The molecule has 0 saturated heterocycles. The minimum Gasteiger partial charge on any atom is -0.495 e. The fourth-order valence-electron chi connectivity index (χ4n) is 2.14. The summed E-state index contributed by atoms with van der Waals surface area (Å²) in [6.45, 7) is 2.13. The number of rotatable bonds is 4. The molecule has 0 aliphatic heterocycles. The Bertz CT molecular complexity index is 542. The van der Waals surface area contributed by atoms with E-state index >= 15 is 0 Å². The standard InChI is InChI=1S/C16H18ClNO/c1-11(12-6-4-3-5-7-12)16(18)13-8-9-14(17)15(10-13)19-2/h3-11,16H,18H2,1-2H3. The fraction of sp³-hybridized carbons (Fsp3) is 0.250. The Balaban J connectivity index is 2.26. The summed E-state index contributed by atoms with van der Waals surface area (Å²) in [7, 11) is 1.61. The number of hydrogen-bond donors (Lipinski definition) is 1. The zero-order valence-electron chi connectivity index (χ0n) is 11.1. The normalized spacial score (nSPS) is 13.9. The van der Waals surface area contributed by atoms with E-state index in [9.17, 15) is 0 Å². The Morgan fingerprint density at radius 3 is 2.37 bits per heavy atom. The topological polar surface area (TPSA) is 35.2 Å². The highest BCUT2D eigenvalue weighted by atomic mass is 35.5. The van der Waals surface area contributed by atoms with E-state index in [0.29, 0.717) is 10.8 Å². The second-order valence-electron chi connectivity index (χ2n) is 4.62. The molecule has 0 amide bonds. The van der Waals surface area contributed by atoms with Gasteiger partial charge in [-0.15, -0.1) is 0 Å². The second kappa shape index (κ2) is 6.09. The van der Waals surface area contributed by atoms with Crippen LogP contribution in [0.3, 0.4) is 0 Å². The molecule has 0 radical (unpaired) electrons. The van der Waals surface area contributed by atoms with Gasteiger partial charge in [-0.3, -0.25) is 0 Å². The monoisotopic (exact) mass is 275 g/mol. The molecule has 0 bridgehead atoms. The van der Waals surface area contributed by atoms with Gasteiger partial charge in [-0.05, 0) is 23.3 Å². The molecule has 2 aromatic rings. The fourth-order valence-corrected chi connectivity index (χ4v) is 2.33. The number of benzene rings is 2. The summed E-state index contributed by atoms with van der Waals surface area (Å²) < 4.78 is 5.23. The van der Waals surface area contributed by atoms with Gasteiger partial charge in [0.25, 0.3) is 0 Å². The molecule has 2 N–H and O–H groups in total. The summed E-state index contributed by atoms with van der Waals surface area (Å²) in [5, 5.41) is 0.603. The predicted octanol–water partition coefficient (Wildman–Crippen LogP) is 4.15. The van der Waals surface area contributed by atoms with Gasteiger partial charge in [0.15, 0.2) is 0 Å². The quantitative estimate of drug-likeness (QED) is 0.910. The smallest absolute Gasteiger partial charge is 0.137 e. The maximum atomic E-state index is 6.35. The van der Waals surface area contributed by atoms with Gasteiger partial charge in [0.2, 0.25) is 0 Å². The third-order valence-electron chi connectivity index (χ3n) is 3.42. The van der Waals surface area contributed by atoms with E-state index in [1.807, 2.05) is 36.4 Å². The number of hydrogen-bond acceptors (Lipinski definition) is 2. The molecule has 3 heteroatoms. The first-order valence-electron chi connectivity index (χ1n) is 6.27. The molecule has 0 aliphatic rings.